The predicted molar refractivity (Wildman–Crippen MR) is 80.4 cm³/mol. The fourth-order valence-corrected chi connectivity index (χ4v) is 3.78. The Balaban J connectivity index is 1.74. The Hall–Kier alpha value is -0.120. The van der Waals surface area contributed by atoms with Crippen LogP contribution in [0.2, 0.25) is 0 Å². The number of ether oxygens (including phenoxy) is 1. The molecule has 1 aliphatic heterocycles. The van der Waals surface area contributed by atoms with Crippen molar-refractivity contribution in [3.63, 3.8) is 0 Å². The van der Waals surface area contributed by atoms with Crippen molar-refractivity contribution >= 4 is 0 Å². The lowest BCUT2D eigenvalue weighted by Gasteiger charge is -2.41. The highest BCUT2D eigenvalue weighted by atomic mass is 16.5. The molecule has 0 amide bonds. The molecule has 0 spiro atoms. The average Bonchev–Trinajstić information content (AvgIpc) is 2.33. The smallest absolute Gasteiger partial charge is 0.0594 e. The zero-order valence-corrected chi connectivity index (χ0v) is 13.2. The predicted octanol–water partition coefficient (Wildman–Crippen LogP) is 2.51. The molecule has 19 heavy (non-hydrogen) atoms. The van der Waals surface area contributed by atoms with Crippen molar-refractivity contribution in [3.05, 3.63) is 0 Å². The number of hydrogen-bond acceptors (Lipinski definition) is 3. The molecule has 2 rings (SSSR count). The van der Waals surface area contributed by atoms with E-state index >= 15 is 0 Å². The van der Waals surface area contributed by atoms with E-state index in [4.69, 9.17) is 4.74 Å². The van der Waals surface area contributed by atoms with Gasteiger partial charge in [-0.3, -0.25) is 4.90 Å². The highest BCUT2D eigenvalue weighted by Gasteiger charge is 2.32. The van der Waals surface area contributed by atoms with Crippen molar-refractivity contribution in [1.29, 1.82) is 0 Å². The summed E-state index contributed by atoms with van der Waals surface area (Å²) in [6, 6.07) is 1.30. The molecule has 3 nitrogen and oxygen atoms in total. The van der Waals surface area contributed by atoms with E-state index in [-0.39, 0.29) is 0 Å². The van der Waals surface area contributed by atoms with Crippen LogP contribution in [-0.2, 0) is 4.74 Å². The first-order chi connectivity index (χ1) is 8.96. The third-order valence-corrected chi connectivity index (χ3v) is 4.83. The molecule has 1 heterocycles. The first kappa shape index (κ1) is 15.3. The standard InChI is InChI=1S/C16H32N2O/c1-13-11-16(3,4)6-5-15(13)17-14(2)12-18-7-9-19-10-8-18/h13-15,17H,5-12H2,1-4H3. The summed E-state index contributed by atoms with van der Waals surface area (Å²) in [5, 5.41) is 3.87. The van der Waals surface area contributed by atoms with Gasteiger partial charge in [0.05, 0.1) is 13.2 Å². The summed E-state index contributed by atoms with van der Waals surface area (Å²) in [7, 11) is 0. The van der Waals surface area contributed by atoms with Crippen LogP contribution < -0.4 is 5.32 Å². The molecule has 2 aliphatic rings. The summed E-state index contributed by atoms with van der Waals surface area (Å²) in [4.78, 5) is 2.53. The molecule has 2 fully saturated rings. The SMILES string of the molecule is CC(CN1CCOCC1)NC1CCC(C)(C)CC1C. The van der Waals surface area contributed by atoms with Crippen molar-refractivity contribution < 1.29 is 4.74 Å². The van der Waals surface area contributed by atoms with Crippen molar-refractivity contribution in [1.82, 2.24) is 10.2 Å². The van der Waals surface area contributed by atoms with Crippen LogP contribution in [-0.4, -0.2) is 49.8 Å². The van der Waals surface area contributed by atoms with Crippen molar-refractivity contribution in [2.75, 3.05) is 32.8 Å². The molecular weight excluding hydrogens is 236 g/mol. The van der Waals surface area contributed by atoms with Gasteiger partial charge in [0.25, 0.3) is 0 Å². The second kappa shape index (κ2) is 6.55. The minimum absolute atomic E-state index is 0.547. The molecule has 1 N–H and O–H groups in total. The summed E-state index contributed by atoms with van der Waals surface area (Å²) >= 11 is 0. The Kier molecular flexibility index (Phi) is 5.27. The monoisotopic (exact) mass is 268 g/mol. The minimum Gasteiger partial charge on any atom is -0.379 e. The number of rotatable bonds is 4. The zero-order chi connectivity index (χ0) is 13.9. The van der Waals surface area contributed by atoms with Crippen LogP contribution in [0.15, 0.2) is 0 Å². The molecule has 0 bridgehead atoms. The van der Waals surface area contributed by atoms with Gasteiger partial charge in [-0.05, 0) is 37.5 Å². The van der Waals surface area contributed by atoms with Gasteiger partial charge in [0.15, 0.2) is 0 Å². The van der Waals surface area contributed by atoms with Gasteiger partial charge >= 0.3 is 0 Å². The Morgan fingerprint density at radius 2 is 2.00 bits per heavy atom. The number of nitrogens with zero attached hydrogens (tertiary/aromatic N) is 1. The summed E-state index contributed by atoms with van der Waals surface area (Å²) in [6.07, 6.45) is 4.05. The molecule has 0 aromatic heterocycles. The van der Waals surface area contributed by atoms with E-state index in [2.05, 4.69) is 37.9 Å². The summed E-state index contributed by atoms with van der Waals surface area (Å²) in [6.45, 7) is 14.7. The van der Waals surface area contributed by atoms with Gasteiger partial charge in [0, 0.05) is 31.7 Å². The number of nitrogens with one attached hydrogen (secondary N) is 1. The lowest BCUT2D eigenvalue weighted by atomic mass is 9.70. The van der Waals surface area contributed by atoms with Gasteiger partial charge in [0.2, 0.25) is 0 Å². The fourth-order valence-electron chi connectivity index (χ4n) is 3.78. The van der Waals surface area contributed by atoms with Crippen LogP contribution >= 0.6 is 0 Å². The van der Waals surface area contributed by atoms with Gasteiger partial charge in [-0.1, -0.05) is 20.8 Å². The molecule has 1 saturated carbocycles. The van der Waals surface area contributed by atoms with Crippen molar-refractivity contribution in [3.8, 4) is 0 Å². The Bertz CT molecular complexity index is 274. The molecule has 1 saturated heterocycles. The van der Waals surface area contributed by atoms with Crippen LogP contribution in [0.1, 0.15) is 47.0 Å². The van der Waals surface area contributed by atoms with Crippen molar-refractivity contribution in [2.24, 2.45) is 11.3 Å². The van der Waals surface area contributed by atoms with E-state index in [0.717, 1.165) is 38.8 Å². The van der Waals surface area contributed by atoms with Gasteiger partial charge < -0.3 is 10.1 Å². The molecule has 112 valence electrons. The zero-order valence-electron chi connectivity index (χ0n) is 13.2. The van der Waals surface area contributed by atoms with Gasteiger partial charge in [-0.25, -0.2) is 0 Å². The van der Waals surface area contributed by atoms with Crippen LogP contribution in [0.4, 0.5) is 0 Å². The third kappa shape index (κ3) is 4.73. The Morgan fingerprint density at radius 3 is 2.63 bits per heavy atom. The van der Waals surface area contributed by atoms with E-state index in [9.17, 15) is 0 Å². The minimum atomic E-state index is 0.547. The first-order valence-corrected chi connectivity index (χ1v) is 8.02. The first-order valence-electron chi connectivity index (χ1n) is 8.02. The molecule has 0 aromatic rings. The van der Waals surface area contributed by atoms with E-state index in [1.807, 2.05) is 0 Å². The van der Waals surface area contributed by atoms with Gasteiger partial charge in [-0.15, -0.1) is 0 Å². The molecule has 0 aromatic carbocycles. The molecule has 1 aliphatic carbocycles. The molecule has 3 heteroatoms. The van der Waals surface area contributed by atoms with Gasteiger partial charge in [0.1, 0.15) is 0 Å². The topological polar surface area (TPSA) is 24.5 Å². The van der Waals surface area contributed by atoms with Crippen molar-refractivity contribution in [2.45, 2.75) is 59.0 Å². The highest BCUT2D eigenvalue weighted by molar-refractivity contribution is 4.88. The largest absolute Gasteiger partial charge is 0.379 e. The normalized spacial score (nSPS) is 34.1. The van der Waals surface area contributed by atoms with Gasteiger partial charge in [-0.2, -0.15) is 0 Å². The Labute approximate surface area is 119 Å². The molecule has 3 atom stereocenters. The lowest BCUT2D eigenvalue weighted by Crippen LogP contribution is -2.50. The molecular formula is C16H32N2O. The Morgan fingerprint density at radius 1 is 1.32 bits per heavy atom. The second-order valence-corrected chi connectivity index (χ2v) is 7.47. The maximum atomic E-state index is 5.41. The van der Waals surface area contributed by atoms with E-state index < -0.39 is 0 Å². The fraction of sp³-hybridized carbons (Fsp3) is 1.00. The quantitative estimate of drug-likeness (QED) is 0.848. The lowest BCUT2D eigenvalue weighted by molar-refractivity contribution is 0.0322. The average molecular weight is 268 g/mol. The second-order valence-electron chi connectivity index (χ2n) is 7.47. The van der Waals surface area contributed by atoms with E-state index in [0.29, 0.717) is 17.5 Å². The maximum Gasteiger partial charge on any atom is 0.0594 e. The maximum absolute atomic E-state index is 5.41. The number of morpholine rings is 1. The van der Waals surface area contributed by atoms with Crippen LogP contribution in [0.3, 0.4) is 0 Å². The van der Waals surface area contributed by atoms with Crippen LogP contribution in [0.25, 0.3) is 0 Å². The van der Waals surface area contributed by atoms with Crippen LogP contribution in [0, 0.1) is 11.3 Å². The summed E-state index contributed by atoms with van der Waals surface area (Å²) in [5.74, 6) is 0.802. The van der Waals surface area contributed by atoms with E-state index in [1.54, 1.807) is 0 Å². The molecule has 3 unspecified atom stereocenters. The number of hydrogen-bond donors (Lipinski definition) is 1. The highest BCUT2D eigenvalue weighted by Crippen LogP contribution is 2.38. The van der Waals surface area contributed by atoms with E-state index in [1.165, 1.54) is 19.3 Å². The molecule has 0 radical (unpaired) electrons. The van der Waals surface area contributed by atoms with Crippen LogP contribution in [0.5, 0.6) is 0 Å². The summed E-state index contributed by atoms with van der Waals surface area (Å²) < 4.78 is 5.41. The summed E-state index contributed by atoms with van der Waals surface area (Å²) in [5.41, 5.74) is 0.547. The third-order valence-electron chi connectivity index (χ3n) is 4.83.